The van der Waals surface area contributed by atoms with Gasteiger partial charge in [-0.25, -0.2) is 22.4 Å². The van der Waals surface area contributed by atoms with Gasteiger partial charge < -0.3 is 4.42 Å². The number of rotatable bonds is 7. The van der Waals surface area contributed by atoms with Crippen molar-refractivity contribution < 1.29 is 12.8 Å². The normalized spacial score (nSPS) is 14.1. The zero-order chi connectivity index (χ0) is 25.7. The fourth-order valence-corrected chi connectivity index (χ4v) is 5.81. The number of hydrogen-bond donors (Lipinski definition) is 0. The minimum atomic E-state index is -3.86. The van der Waals surface area contributed by atoms with Gasteiger partial charge in [-0.2, -0.15) is 0 Å². The monoisotopic (exact) mass is 513 g/mol. The molecule has 3 aromatic heterocycles. The van der Waals surface area contributed by atoms with E-state index in [0.29, 0.717) is 57.9 Å². The Bertz CT molecular complexity index is 1710. The molecule has 0 spiro atoms. The van der Waals surface area contributed by atoms with Crippen molar-refractivity contribution in [3.63, 3.8) is 0 Å². The Morgan fingerprint density at radius 1 is 1.05 bits per heavy atom. The van der Waals surface area contributed by atoms with Crippen LogP contribution < -0.4 is 0 Å². The highest BCUT2D eigenvalue weighted by atomic mass is 32.2. The van der Waals surface area contributed by atoms with Crippen molar-refractivity contribution in [2.75, 3.05) is 0 Å². The Morgan fingerprint density at radius 3 is 2.57 bits per heavy atom. The molecular formula is C28H27N5O3S. The zero-order valence-electron chi connectivity index (χ0n) is 20.9. The predicted molar refractivity (Wildman–Crippen MR) is 141 cm³/mol. The van der Waals surface area contributed by atoms with Crippen LogP contribution in [0.1, 0.15) is 49.8 Å². The van der Waals surface area contributed by atoms with Crippen molar-refractivity contribution in [1.29, 1.82) is 0 Å². The number of nitrogens with zero attached hydrogens (tertiary/aromatic N) is 5. The van der Waals surface area contributed by atoms with Gasteiger partial charge in [-0.15, -0.1) is 10.2 Å². The standard InChI is InChI=1S/C28H27N5O3S/c1-17(2)14-26-31-32-28(36-26)20-8-11-25-22(15-20)23(27-29-13-12-24(30-27)19-6-7-19)16-33(25)37(34,35)21-9-4-18(3)5-10-21/h4-5,8-13,15-17,19H,6-7,14H2,1-3H3. The van der Waals surface area contributed by atoms with Gasteiger partial charge in [0, 0.05) is 46.9 Å². The largest absolute Gasteiger partial charge is 0.421 e. The Kier molecular flexibility index (Phi) is 5.67. The molecule has 1 fully saturated rings. The number of aromatic nitrogens is 5. The first-order chi connectivity index (χ1) is 17.8. The second kappa shape index (κ2) is 8.92. The quantitative estimate of drug-likeness (QED) is 0.272. The molecule has 0 aliphatic heterocycles. The minimum absolute atomic E-state index is 0.216. The van der Waals surface area contributed by atoms with Crippen LogP contribution in [0.5, 0.6) is 0 Å². The Morgan fingerprint density at radius 2 is 1.84 bits per heavy atom. The molecule has 1 saturated carbocycles. The van der Waals surface area contributed by atoms with Crippen LogP contribution in [-0.2, 0) is 16.4 Å². The van der Waals surface area contributed by atoms with Gasteiger partial charge in [-0.05, 0) is 62.1 Å². The third-order valence-electron chi connectivity index (χ3n) is 6.56. The molecule has 0 unspecified atom stereocenters. The molecule has 1 aliphatic rings. The summed E-state index contributed by atoms with van der Waals surface area (Å²) in [6.45, 7) is 6.11. The van der Waals surface area contributed by atoms with Crippen LogP contribution in [0.4, 0.5) is 0 Å². The third kappa shape index (κ3) is 4.44. The molecule has 0 amide bonds. The lowest BCUT2D eigenvalue weighted by molar-refractivity contribution is 0.466. The summed E-state index contributed by atoms with van der Waals surface area (Å²) in [5, 5.41) is 9.11. The molecular weight excluding hydrogens is 486 g/mol. The van der Waals surface area contributed by atoms with Gasteiger partial charge in [0.1, 0.15) is 0 Å². The highest BCUT2D eigenvalue weighted by Crippen LogP contribution is 2.40. The molecule has 0 bridgehead atoms. The summed E-state index contributed by atoms with van der Waals surface area (Å²) in [6.07, 6.45) is 6.27. The van der Waals surface area contributed by atoms with Gasteiger partial charge >= 0.3 is 0 Å². The van der Waals surface area contributed by atoms with E-state index in [1.807, 2.05) is 19.1 Å². The highest BCUT2D eigenvalue weighted by Gasteiger charge is 2.27. The van der Waals surface area contributed by atoms with Crippen LogP contribution in [-0.4, -0.2) is 32.6 Å². The Labute approximate surface area is 215 Å². The van der Waals surface area contributed by atoms with Gasteiger partial charge in [0.05, 0.1) is 10.4 Å². The number of aryl methyl sites for hydroxylation is 1. The first-order valence-electron chi connectivity index (χ1n) is 12.4. The predicted octanol–water partition coefficient (Wildman–Crippen LogP) is 5.77. The molecule has 37 heavy (non-hydrogen) atoms. The summed E-state index contributed by atoms with van der Waals surface area (Å²) in [5.74, 6) is 2.30. The number of benzene rings is 2. The van der Waals surface area contributed by atoms with E-state index in [1.165, 1.54) is 3.97 Å². The van der Waals surface area contributed by atoms with Crippen molar-refractivity contribution in [3.05, 3.63) is 78.1 Å². The van der Waals surface area contributed by atoms with Crippen LogP contribution in [0.15, 0.2) is 70.2 Å². The van der Waals surface area contributed by atoms with E-state index >= 15 is 0 Å². The average Bonchev–Trinajstić information content (AvgIpc) is 3.51. The maximum atomic E-state index is 13.7. The van der Waals surface area contributed by atoms with Gasteiger partial charge in [0.15, 0.2) is 5.82 Å². The van der Waals surface area contributed by atoms with Crippen molar-refractivity contribution in [2.24, 2.45) is 5.92 Å². The van der Waals surface area contributed by atoms with Crippen LogP contribution in [0, 0.1) is 12.8 Å². The summed E-state index contributed by atoms with van der Waals surface area (Å²) < 4.78 is 34.7. The maximum Gasteiger partial charge on any atom is 0.268 e. The number of fused-ring (bicyclic) bond motifs is 1. The second-order valence-electron chi connectivity index (χ2n) is 10.1. The first-order valence-corrected chi connectivity index (χ1v) is 13.9. The average molecular weight is 514 g/mol. The summed E-state index contributed by atoms with van der Waals surface area (Å²) in [7, 11) is -3.86. The van der Waals surface area contributed by atoms with Crippen LogP contribution in [0.25, 0.3) is 33.7 Å². The van der Waals surface area contributed by atoms with E-state index in [-0.39, 0.29) is 4.90 Å². The van der Waals surface area contributed by atoms with E-state index in [0.717, 1.165) is 24.1 Å². The van der Waals surface area contributed by atoms with Crippen molar-refractivity contribution in [1.82, 2.24) is 24.1 Å². The third-order valence-corrected chi connectivity index (χ3v) is 8.25. The summed E-state index contributed by atoms with van der Waals surface area (Å²) in [4.78, 5) is 9.54. The lowest BCUT2D eigenvalue weighted by Gasteiger charge is -2.08. The smallest absolute Gasteiger partial charge is 0.268 e. The molecule has 0 saturated heterocycles. The molecule has 0 atom stereocenters. The zero-order valence-corrected chi connectivity index (χ0v) is 21.7. The van der Waals surface area contributed by atoms with E-state index in [1.54, 1.807) is 48.8 Å². The van der Waals surface area contributed by atoms with E-state index < -0.39 is 10.0 Å². The topological polar surface area (TPSA) is 104 Å². The fourth-order valence-electron chi connectivity index (χ4n) is 4.45. The van der Waals surface area contributed by atoms with E-state index in [9.17, 15) is 8.42 Å². The van der Waals surface area contributed by atoms with E-state index in [4.69, 9.17) is 9.40 Å². The molecule has 3 heterocycles. The van der Waals surface area contributed by atoms with Gasteiger partial charge in [0.2, 0.25) is 11.8 Å². The van der Waals surface area contributed by atoms with Crippen molar-refractivity contribution in [2.45, 2.75) is 50.8 Å². The van der Waals surface area contributed by atoms with Crippen LogP contribution >= 0.6 is 0 Å². The Balaban J connectivity index is 1.53. The lowest BCUT2D eigenvalue weighted by Crippen LogP contribution is -2.11. The molecule has 1 aliphatic carbocycles. The first kappa shape index (κ1) is 23.5. The maximum absolute atomic E-state index is 13.7. The van der Waals surface area contributed by atoms with Crippen molar-refractivity contribution >= 4 is 20.9 Å². The highest BCUT2D eigenvalue weighted by molar-refractivity contribution is 7.90. The van der Waals surface area contributed by atoms with Crippen LogP contribution in [0.2, 0.25) is 0 Å². The van der Waals surface area contributed by atoms with Crippen molar-refractivity contribution in [3.8, 4) is 22.8 Å². The summed E-state index contributed by atoms with van der Waals surface area (Å²) in [5.41, 5.74) is 3.85. The molecule has 0 N–H and O–H groups in total. The van der Waals surface area contributed by atoms with E-state index in [2.05, 4.69) is 29.0 Å². The molecule has 0 radical (unpaired) electrons. The molecule has 9 heteroatoms. The summed E-state index contributed by atoms with van der Waals surface area (Å²) in [6, 6.07) is 14.2. The summed E-state index contributed by atoms with van der Waals surface area (Å²) >= 11 is 0. The molecule has 6 rings (SSSR count). The minimum Gasteiger partial charge on any atom is -0.421 e. The second-order valence-corrected chi connectivity index (χ2v) is 11.9. The fraction of sp³-hybridized carbons (Fsp3) is 0.286. The molecule has 2 aromatic carbocycles. The van der Waals surface area contributed by atoms with Gasteiger partial charge in [-0.3, -0.25) is 0 Å². The lowest BCUT2D eigenvalue weighted by atomic mass is 10.1. The van der Waals surface area contributed by atoms with Crippen LogP contribution in [0.3, 0.4) is 0 Å². The SMILES string of the molecule is Cc1ccc(S(=O)(=O)n2cc(-c3nccc(C4CC4)n3)c3cc(-c4nnc(CC(C)C)o4)ccc32)cc1. The van der Waals surface area contributed by atoms with Gasteiger partial charge in [-0.1, -0.05) is 31.5 Å². The number of hydrogen-bond acceptors (Lipinski definition) is 7. The molecule has 8 nitrogen and oxygen atoms in total. The van der Waals surface area contributed by atoms with Gasteiger partial charge in [0.25, 0.3) is 10.0 Å². The molecule has 188 valence electrons. The molecule has 5 aromatic rings. The Hall–Kier alpha value is -3.85.